The molecule has 1 aromatic heterocycles. The Kier molecular flexibility index (Phi) is 3.57. The van der Waals surface area contributed by atoms with E-state index >= 15 is 0 Å². The maximum Gasteiger partial charge on any atom is 0.372 e. The third-order valence-corrected chi connectivity index (χ3v) is 2.49. The molecule has 0 spiro atoms. The number of benzene rings is 1. The van der Waals surface area contributed by atoms with Gasteiger partial charge in [0.05, 0.1) is 6.54 Å². The van der Waals surface area contributed by atoms with Gasteiger partial charge < -0.3 is 14.8 Å². The van der Waals surface area contributed by atoms with Crippen LogP contribution in [-0.2, 0) is 6.54 Å². The number of carbonyl (C=O) groups is 1. The lowest BCUT2D eigenvalue weighted by Crippen LogP contribution is -2.21. The summed E-state index contributed by atoms with van der Waals surface area (Å²) < 4.78 is 29.3. The van der Waals surface area contributed by atoms with E-state index in [4.69, 9.17) is 9.52 Å². The smallest absolute Gasteiger partial charge is 0.372 e. The van der Waals surface area contributed by atoms with Crippen LogP contribution in [0.25, 0.3) is 11.0 Å². The van der Waals surface area contributed by atoms with Crippen molar-refractivity contribution in [1.82, 2.24) is 5.32 Å². The molecule has 2 aromatic rings. The van der Waals surface area contributed by atoms with E-state index in [2.05, 4.69) is 5.32 Å². The van der Waals surface area contributed by atoms with E-state index in [-0.39, 0.29) is 12.3 Å². The first-order chi connectivity index (χ1) is 8.59. The Hall–Kier alpha value is -1.95. The lowest BCUT2D eigenvalue weighted by molar-refractivity contribution is 0.0663. The van der Waals surface area contributed by atoms with Gasteiger partial charge in [-0.05, 0) is 6.07 Å². The number of fused-ring (bicyclic) bond motifs is 1. The molecule has 0 saturated carbocycles. The Balaban J connectivity index is 2.33. The van der Waals surface area contributed by atoms with Gasteiger partial charge in [0, 0.05) is 17.5 Å². The predicted molar refractivity (Wildman–Crippen MR) is 60.9 cm³/mol. The summed E-state index contributed by atoms with van der Waals surface area (Å²) in [6.07, 6.45) is -2.48. The number of para-hydroxylation sites is 1. The van der Waals surface area contributed by atoms with E-state index in [9.17, 15) is 13.6 Å². The second kappa shape index (κ2) is 5.14. The van der Waals surface area contributed by atoms with Crippen molar-refractivity contribution in [3.63, 3.8) is 0 Å². The van der Waals surface area contributed by atoms with Gasteiger partial charge in [-0.15, -0.1) is 0 Å². The minimum atomic E-state index is -2.48. The molecule has 2 rings (SSSR count). The number of alkyl halides is 2. The average Bonchev–Trinajstić information content (AvgIpc) is 2.68. The van der Waals surface area contributed by atoms with Crippen LogP contribution in [0.2, 0.25) is 0 Å². The fourth-order valence-corrected chi connectivity index (χ4v) is 1.75. The van der Waals surface area contributed by atoms with Crippen molar-refractivity contribution in [2.75, 3.05) is 6.54 Å². The quantitative estimate of drug-likeness (QED) is 0.861. The van der Waals surface area contributed by atoms with Crippen LogP contribution in [0.15, 0.2) is 28.7 Å². The zero-order valence-corrected chi connectivity index (χ0v) is 9.32. The zero-order valence-electron chi connectivity index (χ0n) is 9.32. The van der Waals surface area contributed by atoms with Crippen LogP contribution >= 0.6 is 0 Å². The number of aromatic carboxylic acids is 1. The van der Waals surface area contributed by atoms with Gasteiger partial charge in [-0.3, -0.25) is 0 Å². The first-order valence-corrected chi connectivity index (χ1v) is 5.32. The summed E-state index contributed by atoms with van der Waals surface area (Å²) in [6.45, 7) is -0.457. The van der Waals surface area contributed by atoms with E-state index in [1.54, 1.807) is 24.3 Å². The Morgan fingerprint density at radius 1 is 1.39 bits per heavy atom. The van der Waals surface area contributed by atoms with E-state index < -0.39 is 18.9 Å². The number of rotatable bonds is 5. The number of nitrogens with one attached hydrogen (secondary N) is 1. The van der Waals surface area contributed by atoms with Gasteiger partial charge in [-0.25, -0.2) is 13.6 Å². The van der Waals surface area contributed by atoms with Crippen LogP contribution in [-0.4, -0.2) is 24.0 Å². The summed E-state index contributed by atoms with van der Waals surface area (Å²) in [5.74, 6) is -1.42. The molecule has 0 saturated heterocycles. The van der Waals surface area contributed by atoms with E-state index in [1.165, 1.54) is 0 Å². The Morgan fingerprint density at radius 3 is 2.78 bits per heavy atom. The van der Waals surface area contributed by atoms with Gasteiger partial charge in [0.15, 0.2) is 0 Å². The minimum absolute atomic E-state index is 0.0307. The minimum Gasteiger partial charge on any atom is -0.475 e. The molecule has 0 unspecified atom stereocenters. The summed E-state index contributed by atoms with van der Waals surface area (Å²) in [5.41, 5.74) is 0.822. The molecule has 1 heterocycles. The fourth-order valence-electron chi connectivity index (χ4n) is 1.75. The van der Waals surface area contributed by atoms with Crippen LogP contribution in [0.3, 0.4) is 0 Å². The highest BCUT2D eigenvalue weighted by atomic mass is 19.3. The molecule has 6 heteroatoms. The molecule has 4 nitrogen and oxygen atoms in total. The molecule has 0 radical (unpaired) electrons. The Bertz CT molecular complexity index is 565. The Morgan fingerprint density at radius 2 is 2.11 bits per heavy atom. The molecule has 0 atom stereocenters. The van der Waals surface area contributed by atoms with Crippen molar-refractivity contribution in [2.24, 2.45) is 0 Å². The standard InChI is InChI=1S/C12H11F2NO3/c13-10(14)6-15-5-8-7-3-1-2-4-9(7)18-11(8)12(16)17/h1-4,10,15H,5-6H2,(H,16,17). The Labute approximate surface area is 101 Å². The van der Waals surface area contributed by atoms with Gasteiger partial charge in [0.1, 0.15) is 5.58 Å². The molecule has 96 valence electrons. The van der Waals surface area contributed by atoms with E-state index in [0.29, 0.717) is 16.5 Å². The first-order valence-electron chi connectivity index (χ1n) is 5.32. The SMILES string of the molecule is O=C(O)c1oc2ccccc2c1CNCC(F)F. The number of carboxylic acids is 1. The van der Waals surface area contributed by atoms with Gasteiger partial charge >= 0.3 is 5.97 Å². The van der Waals surface area contributed by atoms with Crippen molar-refractivity contribution < 1.29 is 23.1 Å². The molecular formula is C12H11F2NO3. The van der Waals surface area contributed by atoms with Gasteiger partial charge in [-0.2, -0.15) is 0 Å². The third kappa shape index (κ3) is 2.48. The topological polar surface area (TPSA) is 62.5 Å². The number of hydrogen-bond acceptors (Lipinski definition) is 3. The van der Waals surface area contributed by atoms with Crippen molar-refractivity contribution in [3.8, 4) is 0 Å². The van der Waals surface area contributed by atoms with Crippen LogP contribution in [0.5, 0.6) is 0 Å². The first kappa shape index (κ1) is 12.5. The second-order valence-electron chi connectivity index (χ2n) is 3.73. The fraction of sp³-hybridized carbons (Fsp3) is 0.250. The van der Waals surface area contributed by atoms with Crippen molar-refractivity contribution in [3.05, 3.63) is 35.6 Å². The second-order valence-corrected chi connectivity index (χ2v) is 3.73. The van der Waals surface area contributed by atoms with E-state index in [1.807, 2.05) is 0 Å². The van der Waals surface area contributed by atoms with Crippen molar-refractivity contribution in [1.29, 1.82) is 0 Å². The zero-order chi connectivity index (χ0) is 13.1. The van der Waals surface area contributed by atoms with Gasteiger partial charge in [-0.1, -0.05) is 18.2 Å². The number of furan rings is 1. The lowest BCUT2D eigenvalue weighted by Gasteiger charge is -2.03. The van der Waals surface area contributed by atoms with Crippen LogP contribution in [0.4, 0.5) is 8.78 Å². The molecule has 0 aliphatic rings. The maximum absolute atomic E-state index is 12.0. The number of carboxylic acid groups (broad SMARTS) is 1. The van der Waals surface area contributed by atoms with Crippen molar-refractivity contribution >= 4 is 16.9 Å². The highest BCUT2D eigenvalue weighted by Crippen LogP contribution is 2.25. The third-order valence-electron chi connectivity index (χ3n) is 2.49. The van der Waals surface area contributed by atoms with Gasteiger partial charge in [0.25, 0.3) is 6.43 Å². The monoisotopic (exact) mass is 255 g/mol. The summed E-state index contributed by atoms with van der Waals surface area (Å²) in [4.78, 5) is 11.0. The van der Waals surface area contributed by atoms with Gasteiger partial charge in [0.2, 0.25) is 5.76 Å². The number of hydrogen-bond donors (Lipinski definition) is 2. The highest BCUT2D eigenvalue weighted by molar-refractivity contribution is 5.95. The number of halogens is 2. The van der Waals surface area contributed by atoms with Crippen LogP contribution < -0.4 is 5.32 Å². The maximum atomic E-state index is 12.0. The summed E-state index contributed by atoms with van der Waals surface area (Å²) in [7, 11) is 0. The predicted octanol–water partition coefficient (Wildman–Crippen LogP) is 2.49. The van der Waals surface area contributed by atoms with Crippen LogP contribution in [0, 0.1) is 0 Å². The van der Waals surface area contributed by atoms with Crippen molar-refractivity contribution in [2.45, 2.75) is 13.0 Å². The molecular weight excluding hydrogens is 244 g/mol. The largest absolute Gasteiger partial charge is 0.475 e. The molecule has 0 fully saturated rings. The highest BCUT2D eigenvalue weighted by Gasteiger charge is 2.19. The lowest BCUT2D eigenvalue weighted by atomic mass is 10.1. The molecule has 18 heavy (non-hydrogen) atoms. The molecule has 0 aliphatic carbocycles. The molecule has 2 N–H and O–H groups in total. The molecule has 1 aromatic carbocycles. The molecule has 0 bridgehead atoms. The van der Waals surface area contributed by atoms with Crippen LogP contribution in [0.1, 0.15) is 16.1 Å². The summed E-state index contributed by atoms with van der Waals surface area (Å²) >= 11 is 0. The molecule has 0 amide bonds. The summed E-state index contributed by atoms with van der Waals surface area (Å²) in [6, 6.07) is 6.79. The van der Waals surface area contributed by atoms with E-state index in [0.717, 1.165) is 0 Å². The normalized spacial score (nSPS) is 11.3. The average molecular weight is 255 g/mol. The summed E-state index contributed by atoms with van der Waals surface area (Å²) in [5, 5.41) is 12.1. The molecule has 0 aliphatic heterocycles.